The van der Waals surface area contributed by atoms with Crippen LogP contribution in [0.2, 0.25) is 10.0 Å². The van der Waals surface area contributed by atoms with Gasteiger partial charge in [0.15, 0.2) is 5.92 Å². The van der Waals surface area contributed by atoms with Gasteiger partial charge in [-0.15, -0.1) is 0 Å². The second-order valence-corrected chi connectivity index (χ2v) is 7.12. The molecule has 1 fully saturated rings. The predicted octanol–water partition coefficient (Wildman–Crippen LogP) is 4.36. The molecule has 0 aromatic heterocycles. The molecule has 1 aliphatic heterocycles. The summed E-state index contributed by atoms with van der Waals surface area (Å²) in [5, 5.41) is 2.90. The maximum absolute atomic E-state index is 12.7. The predicted molar refractivity (Wildman–Crippen MR) is 103 cm³/mol. The third-order valence-corrected chi connectivity index (χ3v) is 4.47. The van der Waals surface area contributed by atoms with Crippen LogP contribution in [0.3, 0.4) is 0 Å². The largest absolute Gasteiger partial charge is 0.335 e. The Hall–Kier alpha value is -2.22. The van der Waals surface area contributed by atoms with E-state index in [0.717, 1.165) is 15.6 Å². The monoisotopic (exact) mass is 453 g/mol. The van der Waals surface area contributed by atoms with Crippen LogP contribution >= 0.6 is 39.1 Å². The molecule has 1 N–H and O–H groups in total. The van der Waals surface area contributed by atoms with Crippen molar-refractivity contribution in [2.45, 2.75) is 0 Å². The second-order valence-electron chi connectivity index (χ2n) is 5.33. The van der Waals surface area contributed by atoms with Crippen molar-refractivity contribution in [1.82, 2.24) is 5.32 Å². The van der Waals surface area contributed by atoms with Crippen LogP contribution in [0.5, 0.6) is 0 Å². The van der Waals surface area contributed by atoms with Gasteiger partial charge in [-0.1, -0.05) is 39.1 Å². The Kier molecular flexibility index (Phi) is 5.41. The molecule has 2 aromatic carbocycles. The third-order valence-electron chi connectivity index (χ3n) is 3.51. The summed E-state index contributed by atoms with van der Waals surface area (Å²) in [7, 11) is 0. The number of hydrogen-bond donors (Lipinski definition) is 1. The van der Waals surface area contributed by atoms with Crippen molar-refractivity contribution in [1.29, 1.82) is 0 Å². The number of carbonyl (C=O) groups is 3. The highest BCUT2D eigenvalue weighted by Gasteiger charge is 2.40. The van der Waals surface area contributed by atoms with Gasteiger partial charge in [-0.05, 0) is 42.5 Å². The average Bonchev–Trinajstić information content (AvgIpc) is 2.55. The summed E-state index contributed by atoms with van der Waals surface area (Å²) in [4.78, 5) is 41.8. The van der Waals surface area contributed by atoms with Crippen LogP contribution in [0.25, 0.3) is 0 Å². The van der Waals surface area contributed by atoms with E-state index in [1.807, 2.05) is 0 Å². The molecule has 9 heteroatoms. The first kappa shape index (κ1) is 18.6. The SMILES string of the molecule is O=C1NC(=O)N(c2ccc(Br)cc2)C(=O)[C@@H]1C=Nc1cc(Cl)cc(Cl)c1. The lowest BCUT2D eigenvalue weighted by atomic mass is 10.1. The molecule has 0 aliphatic carbocycles. The number of urea groups is 1. The fraction of sp³-hybridized carbons (Fsp3) is 0.0588. The van der Waals surface area contributed by atoms with Gasteiger partial charge in [-0.2, -0.15) is 0 Å². The van der Waals surface area contributed by atoms with Crippen molar-refractivity contribution < 1.29 is 14.4 Å². The molecule has 1 atom stereocenters. The van der Waals surface area contributed by atoms with Gasteiger partial charge in [0, 0.05) is 20.7 Å². The quantitative estimate of drug-likeness (QED) is 0.552. The van der Waals surface area contributed by atoms with Crippen molar-refractivity contribution in [3.63, 3.8) is 0 Å². The van der Waals surface area contributed by atoms with Gasteiger partial charge in [0.2, 0.25) is 5.91 Å². The van der Waals surface area contributed by atoms with Crippen molar-refractivity contribution in [2.24, 2.45) is 10.9 Å². The second kappa shape index (κ2) is 7.57. The highest BCUT2D eigenvalue weighted by molar-refractivity contribution is 9.10. The van der Waals surface area contributed by atoms with E-state index in [-0.39, 0.29) is 0 Å². The Morgan fingerprint density at radius 1 is 1.04 bits per heavy atom. The van der Waals surface area contributed by atoms with E-state index in [9.17, 15) is 14.4 Å². The number of carbonyl (C=O) groups excluding carboxylic acids is 3. The number of halogens is 3. The number of amides is 4. The maximum Gasteiger partial charge on any atom is 0.335 e. The van der Waals surface area contributed by atoms with E-state index in [2.05, 4.69) is 26.2 Å². The van der Waals surface area contributed by atoms with Crippen LogP contribution in [0.15, 0.2) is 51.9 Å². The molecule has 4 amide bonds. The summed E-state index contributed by atoms with van der Waals surface area (Å²) in [6.45, 7) is 0. The van der Waals surface area contributed by atoms with Crippen LogP contribution in [0.1, 0.15) is 0 Å². The van der Waals surface area contributed by atoms with Crippen LogP contribution in [0, 0.1) is 5.92 Å². The lowest BCUT2D eigenvalue weighted by Crippen LogP contribution is -2.58. The summed E-state index contributed by atoms with van der Waals surface area (Å²) < 4.78 is 0.790. The number of nitrogens with zero attached hydrogens (tertiary/aromatic N) is 2. The fourth-order valence-electron chi connectivity index (χ4n) is 2.33. The van der Waals surface area contributed by atoms with Crippen molar-refractivity contribution in [3.8, 4) is 0 Å². The molecule has 3 rings (SSSR count). The normalized spacial score (nSPS) is 17.7. The lowest BCUT2D eigenvalue weighted by molar-refractivity contribution is -0.131. The molecule has 0 unspecified atom stereocenters. The number of benzene rings is 2. The van der Waals surface area contributed by atoms with Crippen LogP contribution < -0.4 is 10.2 Å². The number of aliphatic imine (C=N–C) groups is 1. The molecule has 2 aromatic rings. The third kappa shape index (κ3) is 3.95. The number of hydrogen-bond acceptors (Lipinski definition) is 4. The summed E-state index contributed by atoms with van der Waals surface area (Å²) in [6.07, 6.45) is 1.16. The Balaban J connectivity index is 1.90. The molecule has 1 heterocycles. The van der Waals surface area contributed by atoms with Crippen molar-refractivity contribution >= 4 is 74.6 Å². The summed E-state index contributed by atoms with van der Waals surface area (Å²) in [5.41, 5.74) is 0.725. The lowest BCUT2D eigenvalue weighted by Gasteiger charge is -2.28. The molecule has 132 valence electrons. The molecular formula is C17H10BrCl2N3O3. The summed E-state index contributed by atoms with van der Waals surface area (Å²) >= 11 is 15.1. The standard InChI is InChI=1S/C17H10BrCl2N3O3/c18-9-1-3-13(4-2-9)23-16(25)14(15(24)22-17(23)26)8-21-12-6-10(19)5-11(20)7-12/h1-8,14H,(H,22,24,26)/t14-/m1/s1. The smallest absolute Gasteiger partial charge is 0.276 e. The Bertz CT molecular complexity index is 911. The fourth-order valence-corrected chi connectivity index (χ4v) is 3.11. The Morgan fingerprint density at radius 3 is 2.27 bits per heavy atom. The van der Waals surface area contributed by atoms with Crippen LogP contribution in [-0.4, -0.2) is 24.1 Å². The Morgan fingerprint density at radius 2 is 1.65 bits per heavy atom. The molecule has 0 bridgehead atoms. The first-order valence-corrected chi connectivity index (χ1v) is 8.84. The van der Waals surface area contributed by atoms with Crippen molar-refractivity contribution in [2.75, 3.05) is 4.90 Å². The summed E-state index contributed by atoms with van der Waals surface area (Å²) in [5.74, 6) is -2.70. The van der Waals surface area contributed by atoms with E-state index < -0.39 is 23.8 Å². The van der Waals surface area contributed by atoms with E-state index in [4.69, 9.17) is 23.2 Å². The van der Waals surface area contributed by atoms with Gasteiger partial charge in [-0.25, -0.2) is 9.69 Å². The first-order chi connectivity index (χ1) is 12.3. The number of imide groups is 2. The van der Waals surface area contributed by atoms with Gasteiger partial charge >= 0.3 is 6.03 Å². The zero-order chi connectivity index (χ0) is 18.8. The van der Waals surface area contributed by atoms with Gasteiger partial charge in [-0.3, -0.25) is 19.9 Å². The molecule has 0 spiro atoms. The minimum Gasteiger partial charge on any atom is -0.276 e. The molecular weight excluding hydrogens is 445 g/mol. The van der Waals surface area contributed by atoms with Gasteiger partial charge in [0.1, 0.15) is 0 Å². The first-order valence-electron chi connectivity index (χ1n) is 7.30. The molecule has 1 saturated heterocycles. The zero-order valence-corrected chi connectivity index (χ0v) is 16.0. The number of rotatable bonds is 3. The molecule has 26 heavy (non-hydrogen) atoms. The highest BCUT2D eigenvalue weighted by Crippen LogP contribution is 2.26. The maximum atomic E-state index is 12.7. The molecule has 1 aliphatic rings. The zero-order valence-electron chi connectivity index (χ0n) is 12.9. The van der Waals surface area contributed by atoms with Gasteiger partial charge in [0.25, 0.3) is 5.91 Å². The van der Waals surface area contributed by atoms with E-state index in [0.29, 0.717) is 21.4 Å². The van der Waals surface area contributed by atoms with E-state index in [1.54, 1.807) is 24.3 Å². The van der Waals surface area contributed by atoms with Gasteiger partial charge in [0.05, 0.1) is 11.4 Å². The minimum atomic E-state index is -1.26. The van der Waals surface area contributed by atoms with Gasteiger partial charge < -0.3 is 0 Å². The Labute approximate surface area is 166 Å². The van der Waals surface area contributed by atoms with E-state index in [1.165, 1.54) is 18.2 Å². The topological polar surface area (TPSA) is 78.8 Å². The minimum absolute atomic E-state index is 0.340. The van der Waals surface area contributed by atoms with Crippen molar-refractivity contribution in [3.05, 3.63) is 57.0 Å². The van der Waals surface area contributed by atoms with E-state index >= 15 is 0 Å². The summed E-state index contributed by atoms with van der Waals surface area (Å²) in [6, 6.07) is 10.3. The number of anilines is 1. The van der Waals surface area contributed by atoms with Crippen LogP contribution in [-0.2, 0) is 9.59 Å². The van der Waals surface area contributed by atoms with Crippen LogP contribution in [0.4, 0.5) is 16.2 Å². The molecule has 6 nitrogen and oxygen atoms in total. The number of barbiturate groups is 1. The molecule has 0 radical (unpaired) electrons. The highest BCUT2D eigenvalue weighted by atomic mass is 79.9. The average molecular weight is 455 g/mol. The molecule has 0 saturated carbocycles. The number of nitrogens with one attached hydrogen (secondary N) is 1.